The summed E-state index contributed by atoms with van der Waals surface area (Å²) in [6, 6.07) is 17.7. The summed E-state index contributed by atoms with van der Waals surface area (Å²) >= 11 is 0. The predicted octanol–water partition coefficient (Wildman–Crippen LogP) is 2.98. The quantitative estimate of drug-likeness (QED) is 0.600. The van der Waals surface area contributed by atoms with Crippen molar-refractivity contribution in [3.8, 4) is 0 Å². The lowest BCUT2D eigenvalue weighted by molar-refractivity contribution is -0.146. The Balaban J connectivity index is 1.37. The fourth-order valence-corrected chi connectivity index (χ4v) is 5.88. The van der Waals surface area contributed by atoms with Crippen molar-refractivity contribution in [1.29, 1.82) is 0 Å². The molecule has 2 aromatic carbocycles. The molecule has 7 heteroatoms. The van der Waals surface area contributed by atoms with Crippen LogP contribution in [0.3, 0.4) is 0 Å². The molecule has 2 amide bonds. The van der Waals surface area contributed by atoms with Crippen LogP contribution in [0.1, 0.15) is 37.7 Å². The van der Waals surface area contributed by atoms with Gasteiger partial charge in [-0.3, -0.25) is 18.6 Å². The first-order chi connectivity index (χ1) is 16.0. The van der Waals surface area contributed by atoms with Crippen molar-refractivity contribution in [2.45, 2.75) is 55.5 Å². The number of nitrogens with zero attached hydrogens (tertiary/aromatic N) is 2. The number of rotatable bonds is 8. The second kappa shape index (κ2) is 10.9. The second-order valence-corrected chi connectivity index (χ2v) is 10.1. The van der Waals surface area contributed by atoms with Crippen LogP contribution in [0.5, 0.6) is 0 Å². The van der Waals surface area contributed by atoms with Crippen LogP contribution in [0, 0.1) is 0 Å². The molecule has 33 heavy (non-hydrogen) atoms. The first-order valence-electron chi connectivity index (χ1n) is 11.6. The van der Waals surface area contributed by atoms with Crippen LogP contribution < -0.4 is 0 Å². The normalized spacial score (nSPS) is 21.2. The van der Waals surface area contributed by atoms with E-state index in [0.717, 1.165) is 18.4 Å². The number of hydrogen-bond acceptors (Lipinski definition) is 4. The van der Waals surface area contributed by atoms with E-state index in [-0.39, 0.29) is 23.4 Å². The molecule has 0 N–H and O–H groups in total. The van der Waals surface area contributed by atoms with Crippen molar-refractivity contribution < 1.29 is 18.6 Å². The third kappa shape index (κ3) is 5.58. The predicted molar refractivity (Wildman–Crippen MR) is 127 cm³/mol. The van der Waals surface area contributed by atoms with E-state index >= 15 is 0 Å². The number of carbonyl (C=O) groups excluding carboxylic acids is 3. The Morgan fingerprint density at radius 1 is 0.818 bits per heavy atom. The molecule has 2 aliphatic rings. The molecule has 0 radical (unpaired) electrons. The van der Waals surface area contributed by atoms with Gasteiger partial charge in [0, 0.05) is 24.4 Å². The van der Waals surface area contributed by atoms with E-state index in [1.54, 1.807) is 34.1 Å². The van der Waals surface area contributed by atoms with Gasteiger partial charge in [-0.25, -0.2) is 0 Å². The first kappa shape index (κ1) is 23.4. The van der Waals surface area contributed by atoms with Crippen LogP contribution in [0.2, 0.25) is 0 Å². The molecule has 6 nitrogen and oxygen atoms in total. The van der Waals surface area contributed by atoms with Gasteiger partial charge in [0.25, 0.3) is 0 Å². The molecule has 2 aromatic rings. The summed E-state index contributed by atoms with van der Waals surface area (Å²) in [6.07, 6.45) is 3.76. The topological polar surface area (TPSA) is 74.8 Å². The van der Waals surface area contributed by atoms with Crippen LogP contribution in [0.15, 0.2) is 65.6 Å². The van der Waals surface area contributed by atoms with Crippen molar-refractivity contribution in [2.75, 3.05) is 18.8 Å². The number of amides is 2. The molecular formula is C26H30N2O4S. The molecule has 1 unspecified atom stereocenters. The molecule has 3 atom stereocenters. The Kier molecular flexibility index (Phi) is 7.70. The lowest BCUT2D eigenvalue weighted by Crippen LogP contribution is -2.51. The van der Waals surface area contributed by atoms with Gasteiger partial charge in [0.2, 0.25) is 11.8 Å². The van der Waals surface area contributed by atoms with Crippen LogP contribution >= 0.6 is 0 Å². The van der Waals surface area contributed by atoms with Crippen molar-refractivity contribution in [2.24, 2.45) is 0 Å². The maximum atomic E-state index is 13.4. The number of Topliss-reactive ketones (excluding diaryl/α,β-unsaturated/α-hetero) is 1. The Labute approximate surface area is 197 Å². The summed E-state index contributed by atoms with van der Waals surface area (Å²) in [7, 11) is -1.43. The van der Waals surface area contributed by atoms with E-state index in [1.165, 1.54) is 0 Å². The molecule has 2 heterocycles. The number of benzene rings is 2. The number of carbonyl (C=O) groups is 3. The molecule has 174 valence electrons. The zero-order valence-corrected chi connectivity index (χ0v) is 19.5. The summed E-state index contributed by atoms with van der Waals surface area (Å²) < 4.78 is 12.6. The van der Waals surface area contributed by atoms with Crippen LogP contribution in [0.25, 0.3) is 0 Å². The Morgan fingerprint density at radius 2 is 1.42 bits per heavy atom. The van der Waals surface area contributed by atoms with Gasteiger partial charge in [0.1, 0.15) is 6.04 Å². The minimum Gasteiger partial charge on any atom is -0.331 e. The van der Waals surface area contributed by atoms with Crippen LogP contribution in [-0.2, 0) is 31.6 Å². The van der Waals surface area contributed by atoms with Gasteiger partial charge in [-0.05, 0) is 49.8 Å². The number of hydrogen-bond donors (Lipinski definition) is 0. The Bertz CT molecular complexity index is 1010. The summed E-state index contributed by atoms with van der Waals surface area (Å²) in [5.41, 5.74) is 1.10. The summed E-state index contributed by atoms with van der Waals surface area (Å²) in [4.78, 5) is 43.2. The summed E-state index contributed by atoms with van der Waals surface area (Å²) in [5.74, 6) is -0.407. The van der Waals surface area contributed by atoms with Gasteiger partial charge < -0.3 is 9.80 Å². The van der Waals surface area contributed by atoms with Gasteiger partial charge in [0.15, 0.2) is 5.78 Å². The highest BCUT2D eigenvalue weighted by Gasteiger charge is 2.41. The van der Waals surface area contributed by atoms with Crippen LogP contribution in [-0.4, -0.2) is 62.5 Å². The summed E-state index contributed by atoms with van der Waals surface area (Å²) in [6.45, 7) is 1.09. The zero-order chi connectivity index (χ0) is 23.2. The molecular weight excluding hydrogens is 436 g/mol. The van der Waals surface area contributed by atoms with E-state index in [0.29, 0.717) is 43.7 Å². The maximum Gasteiger partial charge on any atom is 0.245 e. The van der Waals surface area contributed by atoms with Gasteiger partial charge in [-0.2, -0.15) is 0 Å². The highest BCUT2D eigenvalue weighted by Crippen LogP contribution is 2.26. The van der Waals surface area contributed by atoms with Gasteiger partial charge in [0.05, 0.1) is 22.6 Å². The minimum absolute atomic E-state index is 0.0121. The van der Waals surface area contributed by atoms with Gasteiger partial charge >= 0.3 is 0 Å². The zero-order valence-electron chi connectivity index (χ0n) is 18.7. The minimum atomic E-state index is -1.43. The van der Waals surface area contributed by atoms with E-state index in [1.807, 2.05) is 36.4 Å². The average molecular weight is 467 g/mol. The first-order valence-corrected chi connectivity index (χ1v) is 13.0. The highest BCUT2D eigenvalue weighted by atomic mass is 32.2. The number of likely N-dealkylation sites (tertiary alicyclic amines) is 2. The third-order valence-electron chi connectivity index (χ3n) is 6.52. The van der Waals surface area contributed by atoms with Crippen molar-refractivity contribution in [1.82, 2.24) is 9.80 Å². The SMILES string of the molecule is O=C(CS(=O)c1ccccc1)[C@@H]1CCCN1C(=O)[C@H]1CCCN1C(=O)CCc1ccccc1. The molecule has 2 aliphatic heterocycles. The van der Waals surface area contributed by atoms with Crippen molar-refractivity contribution in [3.63, 3.8) is 0 Å². The van der Waals surface area contributed by atoms with Crippen molar-refractivity contribution >= 4 is 28.4 Å². The smallest absolute Gasteiger partial charge is 0.245 e. The van der Waals surface area contributed by atoms with Crippen LogP contribution in [0.4, 0.5) is 0 Å². The fraction of sp³-hybridized carbons (Fsp3) is 0.423. The molecule has 0 spiro atoms. The lowest BCUT2D eigenvalue weighted by atomic mass is 10.1. The molecule has 0 bridgehead atoms. The van der Waals surface area contributed by atoms with E-state index in [2.05, 4.69) is 0 Å². The monoisotopic (exact) mass is 466 g/mol. The number of aryl methyl sites for hydroxylation is 1. The second-order valence-electron chi connectivity index (χ2n) is 8.69. The molecule has 0 aromatic heterocycles. The van der Waals surface area contributed by atoms with Crippen molar-refractivity contribution in [3.05, 3.63) is 66.2 Å². The Morgan fingerprint density at radius 3 is 2.12 bits per heavy atom. The molecule has 0 aliphatic carbocycles. The number of ketones is 1. The molecule has 0 saturated carbocycles. The molecule has 2 fully saturated rings. The van der Waals surface area contributed by atoms with Gasteiger partial charge in [-0.15, -0.1) is 0 Å². The molecule has 4 rings (SSSR count). The highest BCUT2D eigenvalue weighted by molar-refractivity contribution is 7.85. The third-order valence-corrected chi connectivity index (χ3v) is 7.86. The maximum absolute atomic E-state index is 13.4. The largest absolute Gasteiger partial charge is 0.331 e. The van der Waals surface area contributed by atoms with E-state index in [4.69, 9.17) is 0 Å². The molecule has 2 saturated heterocycles. The standard InChI is InChI=1S/C26H30N2O4S/c29-24(19-33(32)21-11-5-2-6-12-21)22-13-7-18-28(22)26(31)23-14-8-17-27(23)25(30)16-15-20-9-3-1-4-10-20/h1-6,9-12,22-23H,7-8,13-19H2/t22-,23+,33?/m0/s1. The summed E-state index contributed by atoms with van der Waals surface area (Å²) in [5, 5.41) is 0. The Hall–Kier alpha value is -2.80. The van der Waals surface area contributed by atoms with Gasteiger partial charge in [-0.1, -0.05) is 48.5 Å². The van der Waals surface area contributed by atoms with E-state index in [9.17, 15) is 18.6 Å². The lowest BCUT2D eigenvalue weighted by Gasteiger charge is -2.31. The average Bonchev–Trinajstić information content (AvgIpc) is 3.53. The fourth-order valence-electron chi connectivity index (χ4n) is 4.80. The van der Waals surface area contributed by atoms with E-state index < -0.39 is 22.9 Å².